The van der Waals surface area contributed by atoms with E-state index in [2.05, 4.69) is 28.8 Å². The molecule has 25 heavy (non-hydrogen) atoms. The number of rotatable bonds is 7. The molecule has 1 amide bonds. The average Bonchev–Trinajstić information content (AvgIpc) is 2.51. The number of hydrogen-bond donors (Lipinski definition) is 2. The number of anilines is 1. The smallest absolute Gasteiger partial charge is 0.240 e. The van der Waals surface area contributed by atoms with E-state index in [0.717, 1.165) is 26.1 Å². The van der Waals surface area contributed by atoms with Gasteiger partial charge in [-0.2, -0.15) is 0 Å². The lowest BCUT2D eigenvalue weighted by atomic mass is 9.92. The third-order valence-corrected chi connectivity index (χ3v) is 5.85. The van der Waals surface area contributed by atoms with Gasteiger partial charge in [0, 0.05) is 32.2 Å². The van der Waals surface area contributed by atoms with Crippen LogP contribution in [0.2, 0.25) is 0 Å². The highest BCUT2D eigenvalue weighted by Gasteiger charge is 2.21. The first-order valence-corrected chi connectivity index (χ1v) is 10.3. The topological polar surface area (TPSA) is 78.5 Å². The van der Waals surface area contributed by atoms with Crippen molar-refractivity contribution in [3.8, 4) is 0 Å². The van der Waals surface area contributed by atoms with Gasteiger partial charge in [-0.15, -0.1) is 0 Å². The van der Waals surface area contributed by atoms with Crippen LogP contribution >= 0.6 is 0 Å². The second kappa shape index (κ2) is 8.78. The van der Waals surface area contributed by atoms with Crippen LogP contribution in [0.4, 0.5) is 5.69 Å². The molecule has 1 aliphatic heterocycles. The van der Waals surface area contributed by atoms with Crippen molar-refractivity contribution in [2.45, 2.75) is 38.5 Å². The predicted molar refractivity (Wildman–Crippen MR) is 99.9 cm³/mol. The van der Waals surface area contributed by atoms with Crippen LogP contribution in [-0.4, -0.2) is 45.4 Å². The number of nitrogens with zero attached hydrogens (tertiary/aromatic N) is 1. The van der Waals surface area contributed by atoms with Crippen LogP contribution in [0.15, 0.2) is 29.2 Å². The molecule has 0 aliphatic carbocycles. The molecule has 7 heteroatoms. The van der Waals surface area contributed by atoms with Crippen LogP contribution in [0.25, 0.3) is 0 Å². The minimum absolute atomic E-state index is 0.185. The molecule has 6 nitrogen and oxygen atoms in total. The lowest BCUT2D eigenvalue weighted by molar-refractivity contribution is -0.114. The average molecular weight is 368 g/mol. The first kappa shape index (κ1) is 19.9. The molecule has 2 N–H and O–H groups in total. The molecular weight excluding hydrogens is 338 g/mol. The third kappa shape index (κ3) is 6.41. The van der Waals surface area contributed by atoms with Crippen LogP contribution in [0.3, 0.4) is 0 Å². The van der Waals surface area contributed by atoms with Gasteiger partial charge in [-0.1, -0.05) is 13.8 Å². The highest BCUT2D eigenvalue weighted by Crippen LogP contribution is 2.20. The number of nitrogens with one attached hydrogen (secondary N) is 2. The SMILES string of the molecule is CC(=O)Nc1ccc(S(=O)(=O)NCCCN2CC(C)CC(C)C2)cc1. The van der Waals surface area contributed by atoms with Crippen molar-refractivity contribution in [1.29, 1.82) is 0 Å². The normalized spacial score (nSPS) is 21.9. The Kier molecular flexibility index (Phi) is 6.98. The van der Waals surface area contributed by atoms with Gasteiger partial charge in [0.25, 0.3) is 0 Å². The van der Waals surface area contributed by atoms with Crippen molar-refractivity contribution in [3.63, 3.8) is 0 Å². The predicted octanol–water partition coefficient (Wildman–Crippen LogP) is 2.29. The lowest BCUT2D eigenvalue weighted by Gasteiger charge is -2.34. The van der Waals surface area contributed by atoms with E-state index < -0.39 is 10.0 Å². The zero-order chi connectivity index (χ0) is 18.4. The molecule has 140 valence electrons. The van der Waals surface area contributed by atoms with E-state index in [0.29, 0.717) is 24.1 Å². The maximum absolute atomic E-state index is 12.3. The number of likely N-dealkylation sites (tertiary alicyclic amines) is 1. The number of carbonyl (C=O) groups is 1. The van der Waals surface area contributed by atoms with E-state index >= 15 is 0 Å². The number of sulfonamides is 1. The summed E-state index contributed by atoms with van der Waals surface area (Å²) in [5.41, 5.74) is 0.583. The van der Waals surface area contributed by atoms with E-state index in [1.165, 1.54) is 25.5 Å². The first-order chi connectivity index (χ1) is 11.8. The molecule has 2 unspecified atom stereocenters. The highest BCUT2D eigenvalue weighted by molar-refractivity contribution is 7.89. The van der Waals surface area contributed by atoms with Gasteiger partial charge in [0.1, 0.15) is 0 Å². The molecule has 0 aromatic heterocycles. The molecule has 1 aromatic carbocycles. The monoisotopic (exact) mass is 367 g/mol. The summed E-state index contributed by atoms with van der Waals surface area (Å²) < 4.78 is 27.3. The molecule has 0 bridgehead atoms. The second-order valence-electron chi connectivity index (χ2n) is 7.16. The molecule has 1 fully saturated rings. The van der Waals surface area contributed by atoms with Crippen molar-refractivity contribution < 1.29 is 13.2 Å². The quantitative estimate of drug-likeness (QED) is 0.725. The Morgan fingerprint density at radius 1 is 1.16 bits per heavy atom. The van der Waals surface area contributed by atoms with Crippen LogP contribution < -0.4 is 10.0 Å². The van der Waals surface area contributed by atoms with E-state index in [1.54, 1.807) is 12.1 Å². The fourth-order valence-electron chi connectivity index (χ4n) is 3.49. The highest BCUT2D eigenvalue weighted by atomic mass is 32.2. The number of amides is 1. The molecular formula is C18H29N3O3S. The maximum Gasteiger partial charge on any atom is 0.240 e. The van der Waals surface area contributed by atoms with E-state index in [9.17, 15) is 13.2 Å². The number of piperidine rings is 1. The molecule has 2 rings (SSSR count). The molecule has 1 saturated heterocycles. The summed E-state index contributed by atoms with van der Waals surface area (Å²) in [4.78, 5) is 13.6. The summed E-state index contributed by atoms with van der Waals surface area (Å²) in [7, 11) is -3.51. The Morgan fingerprint density at radius 2 is 1.76 bits per heavy atom. The van der Waals surface area contributed by atoms with E-state index in [4.69, 9.17) is 0 Å². The molecule has 0 spiro atoms. The van der Waals surface area contributed by atoms with Crippen molar-refractivity contribution in [2.75, 3.05) is 31.5 Å². The Morgan fingerprint density at radius 3 is 2.32 bits per heavy atom. The maximum atomic E-state index is 12.3. The van der Waals surface area contributed by atoms with Crippen LogP contribution in [-0.2, 0) is 14.8 Å². The fourth-order valence-corrected chi connectivity index (χ4v) is 4.56. The van der Waals surface area contributed by atoms with Crippen molar-refractivity contribution in [3.05, 3.63) is 24.3 Å². The second-order valence-corrected chi connectivity index (χ2v) is 8.93. The fraction of sp³-hybridized carbons (Fsp3) is 0.611. The summed E-state index contributed by atoms with van der Waals surface area (Å²) in [6, 6.07) is 6.18. The van der Waals surface area contributed by atoms with Crippen molar-refractivity contribution in [1.82, 2.24) is 9.62 Å². The van der Waals surface area contributed by atoms with Crippen LogP contribution in [0.5, 0.6) is 0 Å². The number of hydrogen-bond acceptors (Lipinski definition) is 4. The zero-order valence-corrected chi connectivity index (χ0v) is 16.1. The van der Waals surface area contributed by atoms with Gasteiger partial charge in [-0.3, -0.25) is 4.79 Å². The Hall–Kier alpha value is -1.44. The standard InChI is InChI=1S/C18H29N3O3S/c1-14-11-15(2)13-21(12-14)10-4-9-19-25(23,24)18-7-5-17(6-8-18)20-16(3)22/h5-8,14-15,19H,4,9-13H2,1-3H3,(H,20,22). The molecule has 1 heterocycles. The number of carbonyl (C=O) groups excluding carboxylic acids is 1. The van der Waals surface area contributed by atoms with Gasteiger partial charge >= 0.3 is 0 Å². The Bertz CT molecular complexity index is 663. The summed E-state index contributed by atoms with van der Waals surface area (Å²) in [5.74, 6) is 1.24. The molecule has 0 radical (unpaired) electrons. The summed E-state index contributed by atoms with van der Waals surface area (Å²) >= 11 is 0. The Labute approximate surface area is 151 Å². The molecule has 2 atom stereocenters. The number of benzene rings is 1. The zero-order valence-electron chi connectivity index (χ0n) is 15.3. The van der Waals surface area contributed by atoms with Crippen LogP contribution in [0, 0.1) is 11.8 Å². The van der Waals surface area contributed by atoms with E-state index in [-0.39, 0.29) is 10.8 Å². The van der Waals surface area contributed by atoms with Gasteiger partial charge in [-0.05, 0) is 55.5 Å². The van der Waals surface area contributed by atoms with Crippen molar-refractivity contribution in [2.24, 2.45) is 11.8 Å². The first-order valence-electron chi connectivity index (χ1n) is 8.86. The van der Waals surface area contributed by atoms with Crippen LogP contribution in [0.1, 0.15) is 33.6 Å². The molecule has 1 aromatic rings. The van der Waals surface area contributed by atoms with Gasteiger partial charge in [0.2, 0.25) is 15.9 Å². The van der Waals surface area contributed by atoms with E-state index in [1.807, 2.05) is 0 Å². The summed E-state index contributed by atoms with van der Waals surface area (Å²) in [5, 5.41) is 2.62. The minimum atomic E-state index is -3.51. The third-order valence-electron chi connectivity index (χ3n) is 4.37. The lowest BCUT2D eigenvalue weighted by Crippen LogP contribution is -2.40. The van der Waals surface area contributed by atoms with Gasteiger partial charge in [0.05, 0.1) is 4.90 Å². The van der Waals surface area contributed by atoms with Gasteiger partial charge < -0.3 is 10.2 Å². The van der Waals surface area contributed by atoms with Crippen molar-refractivity contribution >= 4 is 21.6 Å². The molecule has 1 aliphatic rings. The minimum Gasteiger partial charge on any atom is -0.326 e. The Balaban J connectivity index is 1.80. The summed E-state index contributed by atoms with van der Waals surface area (Å²) in [6.45, 7) is 9.50. The summed E-state index contributed by atoms with van der Waals surface area (Å²) in [6.07, 6.45) is 2.07. The largest absolute Gasteiger partial charge is 0.326 e. The van der Waals surface area contributed by atoms with Gasteiger partial charge in [0.15, 0.2) is 0 Å². The molecule has 0 saturated carbocycles. The van der Waals surface area contributed by atoms with Gasteiger partial charge in [-0.25, -0.2) is 13.1 Å².